The Morgan fingerprint density at radius 2 is 1.71 bits per heavy atom. The van der Waals surface area contributed by atoms with E-state index in [1.165, 1.54) is 0 Å². The number of rotatable bonds is 3. The average molecular weight is 457 g/mol. The van der Waals surface area contributed by atoms with E-state index in [9.17, 15) is 27.2 Å². The summed E-state index contributed by atoms with van der Waals surface area (Å²) in [5.41, 5.74) is -4.83. The zero-order valence-corrected chi connectivity index (χ0v) is 15.4. The number of hydrogen-bond acceptors (Lipinski definition) is 4. The lowest BCUT2D eigenvalue weighted by Crippen LogP contribution is -2.37. The van der Waals surface area contributed by atoms with Crippen molar-refractivity contribution in [2.24, 2.45) is 10.2 Å². The van der Waals surface area contributed by atoms with Gasteiger partial charge in [0.25, 0.3) is 0 Å². The fourth-order valence-corrected chi connectivity index (χ4v) is 3.41. The third-order valence-corrected chi connectivity index (χ3v) is 4.70. The Morgan fingerprint density at radius 3 is 2.14 bits per heavy atom. The van der Waals surface area contributed by atoms with Gasteiger partial charge in [-0.2, -0.15) is 42.5 Å². The predicted octanol–water partition coefficient (Wildman–Crippen LogP) is 6.08. The molecule has 0 N–H and O–H groups in total. The van der Waals surface area contributed by atoms with Crippen LogP contribution in [0.5, 0.6) is 0 Å². The Labute approximate surface area is 168 Å². The first kappa shape index (κ1) is 20.5. The largest absolute Gasteiger partial charge is 0.416 e. The van der Waals surface area contributed by atoms with Gasteiger partial charge in [-0.15, -0.1) is 0 Å². The van der Waals surface area contributed by atoms with Crippen LogP contribution in [0, 0.1) is 11.3 Å². The maximum absolute atomic E-state index is 14.1. The van der Waals surface area contributed by atoms with E-state index in [0.29, 0.717) is 12.1 Å². The molecule has 0 radical (unpaired) electrons. The predicted molar refractivity (Wildman–Crippen MR) is 89.8 cm³/mol. The van der Waals surface area contributed by atoms with Crippen molar-refractivity contribution in [1.29, 1.82) is 5.26 Å². The summed E-state index contributed by atoms with van der Waals surface area (Å²) in [6.07, 6.45) is -1.94. The summed E-state index contributed by atoms with van der Waals surface area (Å²) in [5, 5.41) is 15.0. The van der Waals surface area contributed by atoms with Gasteiger partial charge in [-0.3, -0.25) is 0 Å². The number of nitriles is 1. The van der Waals surface area contributed by atoms with Crippen molar-refractivity contribution in [3.63, 3.8) is 0 Å². The monoisotopic (exact) mass is 455 g/mol. The summed E-state index contributed by atoms with van der Waals surface area (Å²) in [7, 11) is 0. The van der Waals surface area contributed by atoms with E-state index in [0.717, 1.165) is 23.2 Å². The number of benzene rings is 1. The minimum absolute atomic E-state index is 0.244. The first-order valence-electron chi connectivity index (χ1n) is 7.14. The van der Waals surface area contributed by atoms with E-state index in [1.807, 2.05) is 0 Å². The maximum atomic E-state index is 14.1. The Morgan fingerprint density at radius 1 is 1.11 bits per heavy atom. The molecule has 0 fully saturated rings. The molecule has 0 saturated heterocycles. The number of azo groups is 1. The van der Waals surface area contributed by atoms with Crippen LogP contribution in [0.3, 0.4) is 0 Å². The fraction of sp³-hybridized carbons (Fsp3) is 0.200. The van der Waals surface area contributed by atoms with Crippen LogP contribution in [0.1, 0.15) is 16.8 Å². The molecule has 1 aromatic carbocycles. The second kappa shape index (κ2) is 6.69. The molecule has 0 aliphatic carbocycles. The molecular weight excluding hydrogens is 452 g/mol. The number of alkyl halides is 6. The topological polar surface area (TPSA) is 66.3 Å². The lowest BCUT2D eigenvalue weighted by atomic mass is 9.92. The molecule has 3 rings (SSSR count). The van der Waals surface area contributed by atoms with E-state index >= 15 is 0 Å². The van der Waals surface area contributed by atoms with Crippen molar-refractivity contribution >= 4 is 34.8 Å². The summed E-state index contributed by atoms with van der Waals surface area (Å²) in [6.45, 7) is 0. The molecular formula is C15H5Cl3F5N5. The summed E-state index contributed by atoms with van der Waals surface area (Å²) >= 11 is 17.0. The Bertz CT molecular complexity index is 1010. The zero-order chi connectivity index (χ0) is 20.9. The molecule has 28 heavy (non-hydrogen) atoms. The number of nitrogens with zero attached hydrogens (tertiary/aromatic N) is 5. The molecule has 2 aromatic rings. The second-order valence-corrected chi connectivity index (χ2v) is 6.82. The molecule has 5 nitrogen and oxygen atoms in total. The third kappa shape index (κ3) is 3.23. The summed E-state index contributed by atoms with van der Waals surface area (Å²) < 4.78 is 67.6. The maximum Gasteiger partial charge on any atom is 0.416 e. The van der Waals surface area contributed by atoms with Crippen molar-refractivity contribution in [3.8, 4) is 11.8 Å². The molecule has 1 atom stereocenters. The van der Waals surface area contributed by atoms with Gasteiger partial charge in [-0.1, -0.05) is 23.2 Å². The molecule has 1 aliphatic rings. The lowest BCUT2D eigenvalue weighted by molar-refractivity contribution is -0.137. The molecule has 1 unspecified atom stereocenters. The van der Waals surface area contributed by atoms with Crippen molar-refractivity contribution in [2.45, 2.75) is 17.1 Å². The van der Waals surface area contributed by atoms with Crippen LogP contribution in [0.15, 0.2) is 40.8 Å². The quantitative estimate of drug-likeness (QED) is 0.415. The molecule has 13 heteroatoms. The van der Waals surface area contributed by atoms with Crippen molar-refractivity contribution < 1.29 is 22.0 Å². The van der Waals surface area contributed by atoms with Gasteiger partial charge >= 0.3 is 11.6 Å². The lowest BCUT2D eigenvalue weighted by Gasteiger charge is -2.26. The van der Waals surface area contributed by atoms with Gasteiger partial charge in [0, 0.05) is 18.0 Å². The first-order valence-corrected chi connectivity index (χ1v) is 8.27. The second-order valence-electron chi connectivity index (χ2n) is 5.53. The fourth-order valence-electron chi connectivity index (χ4n) is 2.54. The summed E-state index contributed by atoms with van der Waals surface area (Å²) in [4.78, 5) is 0. The van der Waals surface area contributed by atoms with Crippen LogP contribution in [0.25, 0.3) is 5.69 Å². The zero-order valence-electron chi connectivity index (χ0n) is 13.1. The standard InChI is InChI=1S/C15H5Cl3F5N5/c16-9-3-7(14(19,20)21)4-10(17)12(9)28-6-8(11(5-24)26-28)13(15(18,22)23)1-2-25-27-13/h1-4,6H. The Hall–Kier alpha value is -2.22. The average Bonchev–Trinajstić information content (AvgIpc) is 3.20. The SMILES string of the molecule is N#Cc1nn(-c2c(Cl)cc(C(F)(F)F)cc2Cl)cc1C1(C(F)(F)Cl)C=CN=N1. The minimum Gasteiger partial charge on any atom is -0.236 e. The Kier molecular flexibility index (Phi) is 4.90. The van der Waals surface area contributed by atoms with Gasteiger partial charge < -0.3 is 0 Å². The van der Waals surface area contributed by atoms with Crippen LogP contribution in [-0.4, -0.2) is 15.2 Å². The van der Waals surface area contributed by atoms with Crippen LogP contribution in [0.2, 0.25) is 10.0 Å². The highest BCUT2D eigenvalue weighted by atomic mass is 35.5. The van der Waals surface area contributed by atoms with Gasteiger partial charge in [0.1, 0.15) is 11.8 Å². The van der Waals surface area contributed by atoms with Gasteiger partial charge in [-0.05, 0) is 29.8 Å². The van der Waals surface area contributed by atoms with Crippen LogP contribution in [0.4, 0.5) is 22.0 Å². The number of hydrogen-bond donors (Lipinski definition) is 0. The van der Waals surface area contributed by atoms with Crippen molar-refractivity contribution in [3.05, 3.63) is 57.5 Å². The third-order valence-electron chi connectivity index (χ3n) is 3.83. The smallest absolute Gasteiger partial charge is 0.236 e. The molecule has 0 saturated carbocycles. The van der Waals surface area contributed by atoms with E-state index in [-0.39, 0.29) is 5.69 Å². The van der Waals surface area contributed by atoms with Gasteiger partial charge in [0.05, 0.1) is 15.6 Å². The van der Waals surface area contributed by atoms with Gasteiger partial charge in [0.15, 0.2) is 5.69 Å². The summed E-state index contributed by atoms with van der Waals surface area (Å²) in [6, 6.07) is 2.80. The Balaban J connectivity index is 2.22. The number of halogens is 8. The molecule has 2 heterocycles. The molecule has 0 bridgehead atoms. The molecule has 0 spiro atoms. The minimum atomic E-state index is -4.71. The number of aromatic nitrogens is 2. The first-order chi connectivity index (χ1) is 12.9. The van der Waals surface area contributed by atoms with Crippen LogP contribution < -0.4 is 0 Å². The highest BCUT2D eigenvalue weighted by molar-refractivity contribution is 6.37. The van der Waals surface area contributed by atoms with Crippen LogP contribution >= 0.6 is 34.8 Å². The van der Waals surface area contributed by atoms with Crippen molar-refractivity contribution in [2.75, 3.05) is 0 Å². The summed E-state index contributed by atoms with van der Waals surface area (Å²) in [5.74, 6) is 0. The van der Waals surface area contributed by atoms with Gasteiger partial charge in [-0.25, -0.2) is 4.68 Å². The highest BCUT2D eigenvalue weighted by Crippen LogP contribution is 2.49. The molecule has 146 valence electrons. The van der Waals surface area contributed by atoms with Crippen LogP contribution in [-0.2, 0) is 11.7 Å². The normalized spacial score (nSPS) is 19.2. The van der Waals surface area contributed by atoms with E-state index < -0.39 is 44.0 Å². The molecule has 0 amide bonds. The van der Waals surface area contributed by atoms with E-state index in [1.54, 1.807) is 6.07 Å². The van der Waals surface area contributed by atoms with E-state index in [4.69, 9.17) is 34.8 Å². The molecule has 1 aromatic heterocycles. The van der Waals surface area contributed by atoms with E-state index in [2.05, 4.69) is 15.3 Å². The highest BCUT2D eigenvalue weighted by Gasteiger charge is 2.56. The van der Waals surface area contributed by atoms with Gasteiger partial charge in [0.2, 0.25) is 5.54 Å². The van der Waals surface area contributed by atoms with Crippen molar-refractivity contribution in [1.82, 2.24) is 9.78 Å². The molecule has 1 aliphatic heterocycles.